The van der Waals surface area contributed by atoms with Gasteiger partial charge in [0.15, 0.2) is 0 Å². The maximum Gasteiger partial charge on any atom is 0.237 e. The molecule has 4 atom stereocenters. The molecule has 3 heterocycles. The average molecular weight is 665 g/mol. The van der Waals surface area contributed by atoms with Crippen LogP contribution in [0, 0.1) is 11.2 Å². The zero-order valence-electron chi connectivity index (χ0n) is 23.2. The highest BCUT2D eigenvalue weighted by molar-refractivity contribution is 7.59. The lowest BCUT2D eigenvalue weighted by Crippen LogP contribution is -2.49. The van der Waals surface area contributed by atoms with Crippen LogP contribution in [-0.2, 0) is 19.7 Å². The monoisotopic (exact) mass is 663 g/mol. The van der Waals surface area contributed by atoms with E-state index in [1.54, 1.807) is 30.3 Å². The van der Waals surface area contributed by atoms with Crippen LogP contribution >= 0.6 is 50.2 Å². The number of hydrogen-bond donors (Lipinski definition) is 2. The molecule has 42 heavy (non-hydrogen) atoms. The van der Waals surface area contributed by atoms with Crippen LogP contribution in [0.4, 0.5) is 10.1 Å². The number of amides is 1. The molecule has 1 amide bonds. The van der Waals surface area contributed by atoms with E-state index < -0.39 is 17.2 Å². The first-order valence-electron chi connectivity index (χ1n) is 13.3. The molecular formula is C31H48Cl2FN3O3S2. The topological polar surface area (TPSA) is 62.8 Å². The fourth-order valence-electron chi connectivity index (χ4n) is 6.43. The third-order valence-corrected chi connectivity index (χ3v) is 8.52. The molecule has 5 rings (SSSR count). The second-order valence-corrected chi connectivity index (χ2v) is 12.6. The Hall–Kier alpha value is -1.04. The maximum atomic E-state index is 15.8. The van der Waals surface area contributed by atoms with E-state index in [1.807, 2.05) is 6.07 Å². The number of hydrogen-bond acceptors (Lipinski definition) is 5. The van der Waals surface area contributed by atoms with E-state index in [0.29, 0.717) is 35.9 Å². The smallest absolute Gasteiger partial charge is 0.237 e. The Kier molecular flexibility index (Phi) is 14.7. The van der Waals surface area contributed by atoms with Crippen molar-refractivity contribution in [2.24, 2.45) is 5.41 Å². The summed E-state index contributed by atoms with van der Waals surface area (Å²) in [6, 6.07) is 9.94. The maximum absolute atomic E-state index is 15.8. The standard InChI is InChI=1S/C29H36Cl2FN3O3.2CH4.2H2S/c1-28(2,3)16-24-29(20-8-7-18(30)15-22(20)34-27(29)36)25(19-5-4-6-21(31)26(19)32)23(33-24)17-38-14-11-35-9-12-37-13-10-35;;;;/h4-8,15,23-25,33H,9-14,16-17H2,1-3H3,(H,34,36);2*1H4;2*1H2/t23-,24+,25-,29-;;;;/m0..../s1. The molecule has 3 aliphatic heterocycles. The Bertz CT molecular complexity index is 1200. The van der Waals surface area contributed by atoms with Crippen LogP contribution in [0.15, 0.2) is 36.4 Å². The summed E-state index contributed by atoms with van der Waals surface area (Å²) in [5.41, 5.74) is 0.764. The quantitative estimate of drug-likeness (QED) is 0.322. The number of morpholine rings is 1. The Labute approximate surface area is 275 Å². The first-order chi connectivity index (χ1) is 18.1. The van der Waals surface area contributed by atoms with Gasteiger partial charge >= 0.3 is 0 Å². The number of carbonyl (C=O) groups excluding carboxylic acids is 1. The molecule has 2 aromatic rings. The highest BCUT2D eigenvalue weighted by Crippen LogP contribution is 2.57. The molecule has 6 nitrogen and oxygen atoms in total. The second-order valence-electron chi connectivity index (χ2n) is 11.8. The number of ether oxygens (including phenoxy) is 2. The molecule has 2 N–H and O–H groups in total. The lowest BCUT2D eigenvalue weighted by molar-refractivity contribution is -0.122. The number of nitrogens with one attached hydrogen (secondary N) is 2. The lowest BCUT2D eigenvalue weighted by Gasteiger charge is -2.38. The highest BCUT2D eigenvalue weighted by atomic mass is 35.5. The van der Waals surface area contributed by atoms with Gasteiger partial charge in [0.05, 0.1) is 31.5 Å². The lowest BCUT2D eigenvalue weighted by atomic mass is 9.62. The van der Waals surface area contributed by atoms with Gasteiger partial charge in [0.1, 0.15) is 11.2 Å². The van der Waals surface area contributed by atoms with Crippen LogP contribution in [0.3, 0.4) is 0 Å². The van der Waals surface area contributed by atoms with Crippen molar-refractivity contribution in [2.75, 3.05) is 51.4 Å². The van der Waals surface area contributed by atoms with Gasteiger partial charge < -0.3 is 20.1 Å². The number of halogens is 3. The highest BCUT2D eigenvalue weighted by Gasteiger charge is 2.64. The summed E-state index contributed by atoms with van der Waals surface area (Å²) in [6.07, 6.45) is 0.700. The summed E-state index contributed by atoms with van der Waals surface area (Å²) < 4.78 is 27.4. The van der Waals surface area contributed by atoms with Crippen LogP contribution in [0.5, 0.6) is 0 Å². The number of nitrogens with zero attached hydrogens (tertiary/aromatic N) is 1. The van der Waals surface area contributed by atoms with E-state index in [2.05, 4.69) is 36.3 Å². The minimum absolute atomic E-state index is 0. The van der Waals surface area contributed by atoms with E-state index in [1.165, 1.54) is 0 Å². The Morgan fingerprint density at radius 1 is 1.12 bits per heavy atom. The van der Waals surface area contributed by atoms with Crippen molar-refractivity contribution in [2.45, 2.75) is 65.5 Å². The summed E-state index contributed by atoms with van der Waals surface area (Å²) in [6.45, 7) is 11.4. The molecule has 238 valence electrons. The van der Waals surface area contributed by atoms with E-state index in [4.69, 9.17) is 32.7 Å². The first kappa shape index (κ1) is 39.0. The fraction of sp³-hybridized carbons (Fsp3) is 0.581. The van der Waals surface area contributed by atoms with Crippen molar-refractivity contribution in [1.29, 1.82) is 0 Å². The van der Waals surface area contributed by atoms with Gasteiger partial charge in [-0.15, -0.1) is 0 Å². The number of anilines is 1. The summed E-state index contributed by atoms with van der Waals surface area (Å²) in [7, 11) is 0. The number of rotatable bonds is 7. The molecule has 2 aromatic carbocycles. The molecule has 0 aliphatic carbocycles. The predicted molar refractivity (Wildman–Crippen MR) is 183 cm³/mol. The van der Waals surface area contributed by atoms with Gasteiger partial charge in [-0.2, -0.15) is 27.0 Å². The largest absolute Gasteiger partial charge is 0.379 e. The van der Waals surface area contributed by atoms with Crippen molar-refractivity contribution in [3.8, 4) is 0 Å². The molecule has 1 spiro atoms. The molecule has 3 aliphatic rings. The molecule has 0 saturated carbocycles. The zero-order valence-corrected chi connectivity index (χ0v) is 26.7. The molecule has 11 heteroatoms. The van der Waals surface area contributed by atoms with E-state index in [0.717, 1.165) is 38.4 Å². The third-order valence-electron chi connectivity index (χ3n) is 8.00. The SMILES string of the molecule is C.C.CC(C)(C)C[C@H]1N[C@@H](COCCN2CCOCC2)[C@H](c2cccc(Cl)c2F)[C@@]12C(=O)Nc1cc(Cl)ccc12.S.S. The molecule has 2 saturated heterocycles. The minimum atomic E-state index is -1.06. The molecule has 0 bridgehead atoms. The number of carbonyl (C=O) groups is 1. The summed E-state index contributed by atoms with van der Waals surface area (Å²) in [5, 5.41) is 7.39. The van der Waals surface area contributed by atoms with Gasteiger partial charge in [0.2, 0.25) is 5.91 Å². The average Bonchev–Trinajstić information content (AvgIpc) is 3.32. The van der Waals surface area contributed by atoms with Crippen LogP contribution in [0.2, 0.25) is 10.0 Å². The summed E-state index contributed by atoms with van der Waals surface area (Å²) in [5.74, 6) is -1.19. The molecule has 0 radical (unpaired) electrons. The van der Waals surface area contributed by atoms with Gasteiger partial charge in [0, 0.05) is 48.3 Å². The Balaban J connectivity index is 0.00000220. The normalized spacial score (nSPS) is 25.0. The van der Waals surface area contributed by atoms with Crippen LogP contribution in [0.1, 0.15) is 59.1 Å². The van der Waals surface area contributed by atoms with Gasteiger partial charge in [-0.3, -0.25) is 9.69 Å². The summed E-state index contributed by atoms with van der Waals surface area (Å²) >= 11 is 12.6. The van der Waals surface area contributed by atoms with Crippen molar-refractivity contribution >= 4 is 61.8 Å². The van der Waals surface area contributed by atoms with Crippen molar-refractivity contribution in [3.05, 3.63) is 63.4 Å². The molecule has 0 unspecified atom stereocenters. The van der Waals surface area contributed by atoms with Crippen LogP contribution in [0.25, 0.3) is 0 Å². The molecule has 0 aromatic heterocycles. The minimum Gasteiger partial charge on any atom is -0.379 e. The molecular weight excluding hydrogens is 616 g/mol. The zero-order chi connectivity index (χ0) is 27.1. The third kappa shape index (κ3) is 7.60. The van der Waals surface area contributed by atoms with E-state index in [9.17, 15) is 4.79 Å². The van der Waals surface area contributed by atoms with E-state index >= 15 is 4.39 Å². The van der Waals surface area contributed by atoms with Crippen molar-refractivity contribution in [3.63, 3.8) is 0 Å². The first-order valence-corrected chi connectivity index (χ1v) is 14.1. The van der Waals surface area contributed by atoms with Gasteiger partial charge in [0.25, 0.3) is 0 Å². The number of benzene rings is 2. The predicted octanol–water partition coefficient (Wildman–Crippen LogP) is 6.73. The Morgan fingerprint density at radius 2 is 1.81 bits per heavy atom. The fourth-order valence-corrected chi connectivity index (χ4v) is 6.79. The van der Waals surface area contributed by atoms with Crippen LogP contribution < -0.4 is 10.6 Å². The second kappa shape index (κ2) is 15.8. The van der Waals surface area contributed by atoms with Crippen LogP contribution in [-0.4, -0.2) is 69.0 Å². The van der Waals surface area contributed by atoms with Gasteiger partial charge in [-0.05, 0) is 41.2 Å². The van der Waals surface area contributed by atoms with Gasteiger partial charge in [-0.25, -0.2) is 4.39 Å². The Morgan fingerprint density at radius 3 is 2.48 bits per heavy atom. The number of fused-ring (bicyclic) bond motifs is 2. The molecule has 2 fully saturated rings. The summed E-state index contributed by atoms with van der Waals surface area (Å²) in [4.78, 5) is 16.4. The van der Waals surface area contributed by atoms with E-state index in [-0.39, 0.29) is 70.3 Å². The van der Waals surface area contributed by atoms with Gasteiger partial charge in [-0.1, -0.05) is 77.0 Å². The van der Waals surface area contributed by atoms with Crippen molar-refractivity contribution in [1.82, 2.24) is 10.2 Å². The van der Waals surface area contributed by atoms with Crippen molar-refractivity contribution < 1.29 is 18.7 Å².